The number of hydrogen-bond acceptors (Lipinski definition) is 22. The van der Waals surface area contributed by atoms with Gasteiger partial charge in [0.2, 0.25) is 0 Å². The van der Waals surface area contributed by atoms with Gasteiger partial charge in [0, 0.05) is 0 Å². The van der Waals surface area contributed by atoms with Crippen LogP contribution in [0.2, 0.25) is 0 Å². The maximum Gasteiger partial charge on any atom is 2.00 e. The monoisotopic (exact) mass is 738 g/mol. The standard InChI is InChI=1S/5Ca.2H5O11P3/c;;;;;2*1-9-13(5,6)11-14(7,8)10-12(2,3)4/h;;;;;2*1H,(H,5,6)(H,7,8)(H2,2,3,4)/q5*+2;;/p-10. The van der Waals surface area contributed by atoms with Gasteiger partial charge in [-0.2, -0.15) is 0 Å². The number of hydrogen-bond donors (Lipinski definition) is 0. The number of phosphoric acid groups is 6. The SMILES string of the molecule is O=P([O-])([O-])OP(=O)([O-])OP(=O)([O-])O[O-].O=P([O-])([O-])OP(=O)([O-])OP(=O)([O-])O[O-].[Ca+2].[Ca+2].[Ca+2].[Ca+2].[Ca+2]. The van der Waals surface area contributed by atoms with Crippen molar-refractivity contribution in [2.45, 2.75) is 0 Å². The molecule has 0 aliphatic carbocycles. The molecule has 0 aromatic carbocycles. The van der Waals surface area contributed by atoms with Gasteiger partial charge < -0.3 is 68.1 Å². The van der Waals surface area contributed by atoms with Gasteiger partial charge in [0.05, 0.1) is 15.6 Å². The summed E-state index contributed by atoms with van der Waals surface area (Å²) in [5, 5.41) is 18.5. The summed E-state index contributed by atoms with van der Waals surface area (Å²) in [5.74, 6) is 0. The Balaban J connectivity index is -0.0000000712. The Bertz CT molecular complexity index is 725. The predicted octanol–water partition coefficient (Wildman–Crippen LogP) is -9.75. The molecule has 0 saturated heterocycles. The Hall–Kier alpha value is 7.04. The second-order valence-electron chi connectivity index (χ2n) is 3.16. The second-order valence-corrected chi connectivity index (χ2v) is 11.4. The van der Waals surface area contributed by atoms with E-state index in [0.29, 0.717) is 0 Å². The third-order valence-electron chi connectivity index (χ3n) is 0.983. The van der Waals surface area contributed by atoms with Crippen molar-refractivity contribution in [2.75, 3.05) is 0 Å². The summed E-state index contributed by atoms with van der Waals surface area (Å²) < 4.78 is 75.5. The molecule has 0 amide bonds. The van der Waals surface area contributed by atoms with Crippen molar-refractivity contribution < 1.29 is 104 Å². The largest absolute Gasteiger partial charge is 2.00 e. The summed E-state index contributed by atoms with van der Waals surface area (Å²) in [5.41, 5.74) is 0. The first-order valence-corrected chi connectivity index (χ1v) is 13.5. The van der Waals surface area contributed by atoms with Gasteiger partial charge >= 0.3 is 189 Å². The fraction of sp³-hybridized carbons (Fsp3) is 0. The molecule has 0 N–H and O–H groups in total. The molecule has 33 heteroatoms. The number of rotatable bonds is 10. The predicted molar refractivity (Wildman–Crippen MR) is 80.9 cm³/mol. The molecule has 33 heavy (non-hydrogen) atoms. The fourth-order valence-electron chi connectivity index (χ4n) is 0.547. The molecular weight excluding hydrogens is 738 g/mol. The molecule has 0 bridgehead atoms. The van der Waals surface area contributed by atoms with Crippen LogP contribution in [0.25, 0.3) is 0 Å². The van der Waals surface area contributed by atoms with E-state index < -0.39 is 46.9 Å². The normalized spacial score (nSPS) is 18.0. The third-order valence-corrected chi connectivity index (χ3v) is 7.75. The van der Waals surface area contributed by atoms with Crippen LogP contribution in [-0.2, 0) is 54.0 Å². The maximum absolute atomic E-state index is 10.2. The Morgan fingerprint density at radius 2 is 0.545 bits per heavy atom. The van der Waals surface area contributed by atoms with Gasteiger partial charge in [0.25, 0.3) is 31.3 Å². The molecule has 0 radical (unpaired) electrons. The van der Waals surface area contributed by atoms with Gasteiger partial charge in [-0.25, -0.2) is 8.62 Å². The third kappa shape index (κ3) is 39.0. The second kappa shape index (κ2) is 23.5. The van der Waals surface area contributed by atoms with Crippen molar-refractivity contribution in [2.24, 2.45) is 0 Å². The van der Waals surface area contributed by atoms with Gasteiger partial charge in [0.15, 0.2) is 0 Å². The summed E-state index contributed by atoms with van der Waals surface area (Å²) in [4.78, 5) is 79.4. The van der Waals surface area contributed by atoms with E-state index >= 15 is 0 Å². The molecule has 0 fully saturated rings. The summed E-state index contributed by atoms with van der Waals surface area (Å²) in [6.07, 6.45) is 0. The van der Waals surface area contributed by atoms with Crippen LogP contribution in [0.15, 0.2) is 0 Å². The first kappa shape index (κ1) is 55.9. The van der Waals surface area contributed by atoms with E-state index in [1.54, 1.807) is 0 Å². The first-order valence-electron chi connectivity index (χ1n) is 4.72. The summed E-state index contributed by atoms with van der Waals surface area (Å²) in [7, 11) is -35.6. The van der Waals surface area contributed by atoms with Crippen LogP contribution in [-0.4, -0.2) is 189 Å². The topological polar surface area (TPSA) is 388 Å². The van der Waals surface area contributed by atoms with Crippen molar-refractivity contribution in [3.63, 3.8) is 0 Å². The van der Waals surface area contributed by atoms with E-state index in [1.165, 1.54) is 0 Å². The van der Waals surface area contributed by atoms with Gasteiger partial charge in [-0.1, -0.05) is 0 Å². The Labute approximate surface area is 332 Å². The molecular formula is Ca5O22P6. The molecule has 0 aliphatic heterocycles. The van der Waals surface area contributed by atoms with E-state index in [0.717, 1.165) is 0 Å². The first-order chi connectivity index (χ1) is 11.9. The zero-order chi connectivity index (χ0) is 23.2. The summed E-state index contributed by atoms with van der Waals surface area (Å²) in [6, 6.07) is 0. The zero-order valence-corrected chi connectivity index (χ0v) is 31.6. The minimum atomic E-state index is -6.00. The van der Waals surface area contributed by atoms with E-state index in [2.05, 4.69) is 26.6 Å². The van der Waals surface area contributed by atoms with Gasteiger partial charge in [-0.15, -0.1) is 0 Å². The summed E-state index contributed by atoms with van der Waals surface area (Å²) in [6.45, 7) is 0. The van der Waals surface area contributed by atoms with Crippen LogP contribution in [0, 0.1) is 0 Å². The van der Waals surface area contributed by atoms with E-state index in [4.69, 9.17) is 0 Å². The minimum Gasteiger partial charge on any atom is -0.790 e. The van der Waals surface area contributed by atoms with E-state index in [9.17, 15) is 77.1 Å². The van der Waals surface area contributed by atoms with E-state index in [1.807, 2.05) is 0 Å². The molecule has 172 valence electrons. The van der Waals surface area contributed by atoms with Crippen LogP contribution in [0.3, 0.4) is 0 Å². The summed E-state index contributed by atoms with van der Waals surface area (Å²) >= 11 is 0. The van der Waals surface area contributed by atoms with Crippen molar-refractivity contribution in [1.29, 1.82) is 0 Å². The minimum absolute atomic E-state index is 0. The van der Waals surface area contributed by atoms with E-state index in [-0.39, 0.29) is 189 Å². The van der Waals surface area contributed by atoms with Crippen molar-refractivity contribution >= 4 is 236 Å². The van der Waals surface area contributed by atoms with Crippen LogP contribution in [0.4, 0.5) is 0 Å². The average molecular weight is 738 g/mol. The van der Waals surface area contributed by atoms with Crippen LogP contribution < -0.4 is 49.7 Å². The molecule has 4 unspecified atom stereocenters. The molecule has 0 heterocycles. The Kier molecular flexibility index (Phi) is 39.8. The smallest absolute Gasteiger partial charge is 0.790 e. The molecule has 0 saturated carbocycles. The molecule has 0 rings (SSSR count). The zero-order valence-electron chi connectivity index (χ0n) is 15.2. The van der Waals surface area contributed by atoms with Gasteiger partial charge in [-0.05, 0) is 0 Å². The van der Waals surface area contributed by atoms with Crippen molar-refractivity contribution in [3.05, 3.63) is 0 Å². The van der Waals surface area contributed by atoms with Crippen molar-refractivity contribution in [1.82, 2.24) is 0 Å². The van der Waals surface area contributed by atoms with Gasteiger partial charge in [0.1, 0.15) is 0 Å². The Morgan fingerprint density at radius 1 is 0.364 bits per heavy atom. The molecule has 4 atom stereocenters. The maximum atomic E-state index is 10.2. The fourth-order valence-corrected chi connectivity index (χ4v) is 5.46. The molecule has 0 spiro atoms. The van der Waals surface area contributed by atoms with Gasteiger partial charge in [-0.3, -0.25) is 26.9 Å². The average Bonchev–Trinajstić information content (AvgIpc) is 2.30. The molecule has 0 aliphatic rings. The van der Waals surface area contributed by atoms with Crippen molar-refractivity contribution in [3.8, 4) is 0 Å². The molecule has 0 aromatic heterocycles. The quantitative estimate of drug-likeness (QED) is 0.0868. The van der Waals surface area contributed by atoms with Crippen LogP contribution in [0.1, 0.15) is 0 Å². The van der Waals surface area contributed by atoms with Crippen LogP contribution in [0.5, 0.6) is 0 Å². The molecule has 0 aromatic rings. The Morgan fingerprint density at radius 3 is 0.667 bits per heavy atom. The van der Waals surface area contributed by atoms with Crippen LogP contribution >= 0.6 is 46.9 Å². The molecule has 22 nitrogen and oxygen atoms in total.